The number of hydrogen-bond acceptors (Lipinski definition) is 5. The molecule has 1 aliphatic heterocycles. The summed E-state index contributed by atoms with van der Waals surface area (Å²) in [5, 5.41) is 15.0. The van der Waals surface area contributed by atoms with E-state index in [0.717, 1.165) is 0 Å². The van der Waals surface area contributed by atoms with E-state index in [1.807, 2.05) is 5.38 Å². The Bertz CT molecular complexity index is 433. The van der Waals surface area contributed by atoms with Crippen LogP contribution in [0.15, 0.2) is 16.8 Å². The molecule has 2 N–H and O–H groups in total. The number of thiophene rings is 1. The predicted molar refractivity (Wildman–Crippen MR) is 68.4 cm³/mol. The van der Waals surface area contributed by atoms with Crippen LogP contribution in [0.25, 0.3) is 0 Å². The number of hydrogen-bond donors (Lipinski definition) is 2. The zero-order valence-electron chi connectivity index (χ0n) is 10.2. The zero-order valence-corrected chi connectivity index (χ0v) is 11.0. The molecule has 0 bridgehead atoms. The molecule has 0 radical (unpaired) electrons. The maximum Gasteiger partial charge on any atom is 0.329 e. The summed E-state index contributed by atoms with van der Waals surface area (Å²) in [7, 11) is 0. The first-order valence-electron chi connectivity index (χ1n) is 5.91. The molecule has 1 fully saturated rings. The molecule has 7 heteroatoms. The lowest BCUT2D eigenvalue weighted by atomic mass is 10.1. The minimum atomic E-state index is -1.02. The van der Waals surface area contributed by atoms with Crippen LogP contribution in [-0.4, -0.2) is 48.9 Å². The van der Waals surface area contributed by atoms with Gasteiger partial charge in [0.1, 0.15) is 6.61 Å². The minimum Gasteiger partial charge on any atom is -0.480 e. The molecule has 1 saturated heterocycles. The summed E-state index contributed by atoms with van der Waals surface area (Å²) in [6.45, 7) is 0.477. The molecule has 2 atom stereocenters. The highest BCUT2D eigenvalue weighted by atomic mass is 32.1. The van der Waals surface area contributed by atoms with Crippen molar-refractivity contribution in [1.82, 2.24) is 5.32 Å². The average molecular weight is 285 g/mol. The highest BCUT2D eigenvalue weighted by Gasteiger charge is 2.28. The van der Waals surface area contributed by atoms with Crippen LogP contribution < -0.4 is 5.32 Å². The molecule has 2 rings (SSSR count). The molecule has 0 saturated carbocycles. The van der Waals surface area contributed by atoms with Crippen LogP contribution in [-0.2, 0) is 14.3 Å². The van der Waals surface area contributed by atoms with Gasteiger partial charge in [0.25, 0.3) is 5.91 Å². The van der Waals surface area contributed by atoms with Gasteiger partial charge in [-0.05, 0) is 17.9 Å². The third-order valence-corrected chi connectivity index (χ3v) is 3.50. The summed E-state index contributed by atoms with van der Waals surface area (Å²) < 4.78 is 10.6. The summed E-state index contributed by atoms with van der Waals surface area (Å²) >= 11 is 1.44. The lowest BCUT2D eigenvalue weighted by Gasteiger charge is -2.31. The van der Waals surface area contributed by atoms with Crippen LogP contribution in [0.2, 0.25) is 0 Å². The Morgan fingerprint density at radius 3 is 3.11 bits per heavy atom. The van der Waals surface area contributed by atoms with Crippen LogP contribution in [0, 0.1) is 0 Å². The first-order valence-corrected chi connectivity index (χ1v) is 6.85. The monoisotopic (exact) mass is 285 g/mol. The Balaban J connectivity index is 1.91. The molecule has 0 aliphatic carbocycles. The average Bonchev–Trinajstić information content (AvgIpc) is 2.91. The Morgan fingerprint density at radius 1 is 1.58 bits per heavy atom. The molecule has 1 aromatic heterocycles. The largest absolute Gasteiger partial charge is 0.480 e. The number of nitrogens with one attached hydrogen (secondary N) is 1. The lowest BCUT2D eigenvalue weighted by Crippen LogP contribution is -2.50. The normalized spacial score (nSPS) is 22.9. The van der Waals surface area contributed by atoms with Crippen LogP contribution in [0.3, 0.4) is 0 Å². The Morgan fingerprint density at radius 2 is 2.42 bits per heavy atom. The van der Waals surface area contributed by atoms with Crippen LogP contribution in [0.4, 0.5) is 0 Å². The third-order valence-electron chi connectivity index (χ3n) is 2.81. The fraction of sp³-hybridized carbons (Fsp3) is 0.500. The topological polar surface area (TPSA) is 84.9 Å². The summed E-state index contributed by atoms with van der Waals surface area (Å²) in [6, 6.07) is 1.41. The quantitative estimate of drug-likeness (QED) is 0.833. The van der Waals surface area contributed by atoms with E-state index in [4.69, 9.17) is 14.6 Å². The van der Waals surface area contributed by atoms with E-state index in [1.54, 1.807) is 11.4 Å². The van der Waals surface area contributed by atoms with Crippen molar-refractivity contribution in [3.63, 3.8) is 0 Å². The third kappa shape index (κ3) is 4.02. The Kier molecular flexibility index (Phi) is 4.89. The highest BCUT2D eigenvalue weighted by molar-refractivity contribution is 7.08. The van der Waals surface area contributed by atoms with Gasteiger partial charge >= 0.3 is 5.97 Å². The first kappa shape index (κ1) is 14.0. The number of aliphatic carboxylic acids is 1. The fourth-order valence-electron chi connectivity index (χ4n) is 1.88. The zero-order chi connectivity index (χ0) is 13.7. The van der Waals surface area contributed by atoms with Gasteiger partial charge < -0.3 is 19.9 Å². The van der Waals surface area contributed by atoms with Crippen LogP contribution in [0.1, 0.15) is 16.8 Å². The molecule has 19 heavy (non-hydrogen) atoms. The molecule has 1 amide bonds. The standard InChI is InChI=1S/C12H15NO5S/c14-11(15)6-18-10-1-3-17-5-9(10)13-12(16)8-2-4-19-7-8/h2,4,7,9-10H,1,3,5-6H2,(H,13,16)(H,14,15)/t9-,10+/m1/s1. The van der Waals surface area contributed by atoms with Crippen molar-refractivity contribution in [2.45, 2.75) is 18.6 Å². The van der Waals surface area contributed by atoms with Gasteiger partial charge in [-0.2, -0.15) is 11.3 Å². The number of carboxylic acids is 1. The summed E-state index contributed by atoms with van der Waals surface area (Å²) in [6.07, 6.45) is 0.245. The molecule has 1 aromatic rings. The number of ether oxygens (including phenoxy) is 2. The van der Waals surface area contributed by atoms with Crippen LogP contribution >= 0.6 is 11.3 Å². The second kappa shape index (κ2) is 6.65. The van der Waals surface area contributed by atoms with Crippen molar-refractivity contribution >= 4 is 23.2 Å². The molecule has 0 aromatic carbocycles. The van der Waals surface area contributed by atoms with Gasteiger partial charge in [0.05, 0.1) is 18.8 Å². The SMILES string of the molecule is O=C(O)CO[C@H]1CCOC[C@H]1NC(=O)c1ccsc1. The number of carbonyl (C=O) groups excluding carboxylic acids is 1. The van der Waals surface area contributed by atoms with Crippen molar-refractivity contribution in [3.05, 3.63) is 22.4 Å². The van der Waals surface area contributed by atoms with E-state index in [1.165, 1.54) is 11.3 Å². The van der Waals surface area contributed by atoms with Crippen molar-refractivity contribution in [1.29, 1.82) is 0 Å². The summed E-state index contributed by atoms with van der Waals surface area (Å²) in [4.78, 5) is 22.4. The summed E-state index contributed by atoms with van der Waals surface area (Å²) in [5.41, 5.74) is 0.590. The predicted octanol–water partition coefficient (Wildman–Crippen LogP) is 0.737. The van der Waals surface area contributed by atoms with Gasteiger partial charge in [-0.25, -0.2) is 4.79 Å². The number of carbonyl (C=O) groups is 2. The van der Waals surface area contributed by atoms with Gasteiger partial charge in [-0.3, -0.25) is 4.79 Å². The van der Waals surface area contributed by atoms with Crippen molar-refractivity contribution < 1.29 is 24.2 Å². The molecule has 0 unspecified atom stereocenters. The highest BCUT2D eigenvalue weighted by Crippen LogP contribution is 2.13. The first-order chi connectivity index (χ1) is 9.16. The molecule has 1 aliphatic rings. The van der Waals surface area contributed by atoms with Gasteiger partial charge in [-0.15, -0.1) is 0 Å². The van der Waals surface area contributed by atoms with E-state index in [9.17, 15) is 9.59 Å². The van der Waals surface area contributed by atoms with Crippen LogP contribution in [0.5, 0.6) is 0 Å². The van der Waals surface area contributed by atoms with Gasteiger partial charge in [0, 0.05) is 17.6 Å². The maximum atomic E-state index is 11.9. The number of rotatable bonds is 5. The molecule has 104 valence electrons. The van der Waals surface area contributed by atoms with E-state index in [0.29, 0.717) is 25.2 Å². The second-order valence-corrected chi connectivity index (χ2v) is 4.98. The van der Waals surface area contributed by atoms with Crippen molar-refractivity contribution in [2.24, 2.45) is 0 Å². The molecule has 0 spiro atoms. The number of carboxylic acid groups (broad SMARTS) is 1. The lowest BCUT2D eigenvalue weighted by molar-refractivity contribution is -0.147. The van der Waals surface area contributed by atoms with Gasteiger partial charge in [0.15, 0.2) is 0 Å². The molecular weight excluding hydrogens is 270 g/mol. The Hall–Kier alpha value is -1.44. The van der Waals surface area contributed by atoms with Crippen molar-refractivity contribution in [2.75, 3.05) is 19.8 Å². The van der Waals surface area contributed by atoms with E-state index in [2.05, 4.69) is 5.32 Å². The minimum absolute atomic E-state index is 0.194. The Labute approximate surface area is 114 Å². The van der Waals surface area contributed by atoms with Gasteiger partial charge in [-0.1, -0.05) is 0 Å². The molecule has 6 nitrogen and oxygen atoms in total. The number of amides is 1. The van der Waals surface area contributed by atoms with Gasteiger partial charge in [0.2, 0.25) is 0 Å². The van der Waals surface area contributed by atoms with E-state index < -0.39 is 5.97 Å². The fourth-order valence-corrected chi connectivity index (χ4v) is 2.51. The second-order valence-electron chi connectivity index (χ2n) is 4.20. The molecular formula is C12H15NO5S. The molecule has 2 heterocycles. The van der Waals surface area contributed by atoms with E-state index in [-0.39, 0.29) is 24.7 Å². The maximum absolute atomic E-state index is 11.9. The van der Waals surface area contributed by atoms with E-state index >= 15 is 0 Å². The van der Waals surface area contributed by atoms with Crippen molar-refractivity contribution in [3.8, 4) is 0 Å². The summed E-state index contributed by atoms with van der Waals surface area (Å²) in [5.74, 6) is -1.21. The smallest absolute Gasteiger partial charge is 0.329 e.